The molecule has 0 heterocycles. The molecule has 2 bridgehead atoms. The molecule has 2 aromatic carbocycles. The maximum Gasteiger partial charge on any atom is 0.338 e. The second kappa shape index (κ2) is 10.8. The number of carbonyl (C=O) groups excluding carboxylic acids is 4. The molecule has 2 aliphatic carbocycles. The minimum Gasteiger partial charge on any atom is -0.462 e. The molecule has 4 rings (SSSR count). The molecule has 0 spiro atoms. The van der Waals surface area contributed by atoms with Gasteiger partial charge in [0.1, 0.15) is 0 Å². The fourth-order valence-electron chi connectivity index (χ4n) is 5.25. The van der Waals surface area contributed by atoms with Crippen molar-refractivity contribution in [1.29, 1.82) is 0 Å². The third-order valence-electron chi connectivity index (χ3n) is 6.85. The maximum absolute atomic E-state index is 13.2. The average Bonchev–Trinajstić information content (AvgIpc) is 3.48. The van der Waals surface area contributed by atoms with Crippen molar-refractivity contribution in [3.8, 4) is 0 Å². The first kappa shape index (κ1) is 24.6. The number of hydrogen-bond donors (Lipinski definition) is 1. The summed E-state index contributed by atoms with van der Waals surface area (Å²) in [6.07, 6.45) is 2.70. The van der Waals surface area contributed by atoms with E-state index in [1.165, 1.54) is 0 Å². The number of amides is 1. The normalized spacial score (nSPS) is 22.6. The maximum atomic E-state index is 13.2. The van der Waals surface area contributed by atoms with Crippen LogP contribution in [0, 0.1) is 29.6 Å². The lowest BCUT2D eigenvalue weighted by Crippen LogP contribution is -2.37. The highest BCUT2D eigenvalue weighted by Gasteiger charge is 2.54. The first-order chi connectivity index (χ1) is 16.8. The third kappa shape index (κ3) is 5.78. The Morgan fingerprint density at radius 3 is 2.17 bits per heavy atom. The van der Waals surface area contributed by atoms with E-state index < -0.39 is 36.3 Å². The predicted octanol–water partition coefficient (Wildman–Crippen LogP) is 4.53. The number of carbonyl (C=O) groups is 4. The van der Waals surface area contributed by atoms with E-state index in [-0.39, 0.29) is 23.5 Å². The van der Waals surface area contributed by atoms with Gasteiger partial charge in [0, 0.05) is 17.2 Å². The van der Waals surface area contributed by atoms with Crippen LogP contribution in [-0.4, -0.2) is 36.8 Å². The minimum atomic E-state index is -0.509. The van der Waals surface area contributed by atoms with Gasteiger partial charge < -0.3 is 14.8 Å². The molecule has 2 saturated carbocycles. The molecule has 184 valence electrons. The summed E-state index contributed by atoms with van der Waals surface area (Å²) in [7, 11) is 0. The zero-order valence-corrected chi connectivity index (χ0v) is 20.1. The molecule has 7 nitrogen and oxygen atoms in total. The molecule has 35 heavy (non-hydrogen) atoms. The zero-order valence-electron chi connectivity index (χ0n) is 20.1. The SMILES string of the molecule is CC(C)COC(=O)c1ccc(NC(=O)COC(=O)[C@@H]2[C@H]3CC[C@@H](C3)[C@H]2C(=O)c2ccccc2)cc1. The Balaban J connectivity index is 1.31. The second-order valence-electron chi connectivity index (χ2n) is 9.84. The summed E-state index contributed by atoms with van der Waals surface area (Å²) < 4.78 is 10.6. The number of rotatable bonds is 9. The summed E-state index contributed by atoms with van der Waals surface area (Å²) in [5.74, 6) is -1.76. The Bertz CT molecular complexity index is 1080. The van der Waals surface area contributed by atoms with Crippen LogP contribution in [0.25, 0.3) is 0 Å². The van der Waals surface area contributed by atoms with E-state index in [1.807, 2.05) is 32.0 Å². The van der Waals surface area contributed by atoms with Crippen LogP contribution in [0.3, 0.4) is 0 Å². The van der Waals surface area contributed by atoms with E-state index in [2.05, 4.69) is 5.32 Å². The van der Waals surface area contributed by atoms with E-state index in [9.17, 15) is 19.2 Å². The molecule has 0 unspecified atom stereocenters. The molecule has 0 radical (unpaired) electrons. The standard InChI is InChI=1S/C28H31NO6/c1-17(2)15-34-27(32)19-10-12-22(13-11-19)29-23(30)16-35-28(33)25-21-9-8-20(14-21)24(25)26(31)18-6-4-3-5-7-18/h3-7,10-13,17,20-21,24-25H,8-9,14-16H2,1-2H3,(H,29,30)/t20-,21-,24+,25+/m0/s1. The largest absolute Gasteiger partial charge is 0.462 e. The van der Waals surface area contributed by atoms with Gasteiger partial charge >= 0.3 is 11.9 Å². The lowest BCUT2D eigenvalue weighted by molar-refractivity contribution is -0.154. The predicted molar refractivity (Wildman–Crippen MR) is 130 cm³/mol. The van der Waals surface area contributed by atoms with E-state index in [1.54, 1.807) is 36.4 Å². The number of ether oxygens (including phenoxy) is 2. The molecular weight excluding hydrogens is 446 g/mol. The number of fused-ring (bicyclic) bond motifs is 2. The number of hydrogen-bond acceptors (Lipinski definition) is 6. The number of nitrogens with one attached hydrogen (secondary N) is 1. The Labute approximate surface area is 205 Å². The topological polar surface area (TPSA) is 98.8 Å². The molecule has 4 atom stereocenters. The van der Waals surface area contributed by atoms with E-state index in [0.717, 1.165) is 19.3 Å². The van der Waals surface area contributed by atoms with Crippen molar-refractivity contribution in [2.24, 2.45) is 29.6 Å². The van der Waals surface area contributed by atoms with Crippen LogP contribution in [-0.2, 0) is 19.1 Å². The first-order valence-electron chi connectivity index (χ1n) is 12.2. The molecule has 1 amide bonds. The van der Waals surface area contributed by atoms with Gasteiger partial charge in [-0.3, -0.25) is 14.4 Å². The van der Waals surface area contributed by atoms with Gasteiger partial charge in [0.15, 0.2) is 12.4 Å². The fourth-order valence-corrected chi connectivity index (χ4v) is 5.25. The lowest BCUT2D eigenvalue weighted by atomic mass is 9.75. The molecule has 7 heteroatoms. The lowest BCUT2D eigenvalue weighted by Gasteiger charge is -2.28. The van der Waals surface area contributed by atoms with Crippen LogP contribution in [0.2, 0.25) is 0 Å². The van der Waals surface area contributed by atoms with E-state index in [0.29, 0.717) is 23.4 Å². The number of benzene rings is 2. The molecular formula is C28H31NO6. The number of anilines is 1. The monoisotopic (exact) mass is 477 g/mol. The van der Waals surface area contributed by atoms with Crippen molar-refractivity contribution in [2.75, 3.05) is 18.5 Å². The van der Waals surface area contributed by atoms with Crippen LogP contribution in [0.4, 0.5) is 5.69 Å². The number of esters is 2. The van der Waals surface area contributed by atoms with Crippen LogP contribution >= 0.6 is 0 Å². The van der Waals surface area contributed by atoms with Crippen molar-refractivity contribution in [1.82, 2.24) is 0 Å². The highest BCUT2D eigenvalue weighted by molar-refractivity contribution is 6.01. The van der Waals surface area contributed by atoms with Gasteiger partial charge in [-0.05, 0) is 61.3 Å². The second-order valence-corrected chi connectivity index (χ2v) is 9.84. The summed E-state index contributed by atoms with van der Waals surface area (Å²) in [5.41, 5.74) is 1.47. The van der Waals surface area contributed by atoms with Crippen molar-refractivity contribution in [2.45, 2.75) is 33.1 Å². The third-order valence-corrected chi connectivity index (χ3v) is 6.85. The van der Waals surface area contributed by atoms with Gasteiger partial charge in [-0.1, -0.05) is 44.2 Å². The first-order valence-corrected chi connectivity index (χ1v) is 12.2. The van der Waals surface area contributed by atoms with Crippen LogP contribution < -0.4 is 5.32 Å². The van der Waals surface area contributed by atoms with E-state index in [4.69, 9.17) is 9.47 Å². The molecule has 0 aliphatic heterocycles. The van der Waals surface area contributed by atoms with E-state index >= 15 is 0 Å². The Morgan fingerprint density at radius 2 is 1.51 bits per heavy atom. The van der Waals surface area contributed by atoms with Crippen molar-refractivity contribution >= 4 is 29.3 Å². The van der Waals surface area contributed by atoms with Gasteiger partial charge in [0.25, 0.3) is 5.91 Å². The molecule has 2 fully saturated rings. The summed E-state index contributed by atoms with van der Waals surface area (Å²) in [5, 5.41) is 2.66. The summed E-state index contributed by atoms with van der Waals surface area (Å²) in [6.45, 7) is 3.81. The van der Waals surface area contributed by atoms with Gasteiger partial charge in [-0.25, -0.2) is 4.79 Å². The summed E-state index contributed by atoms with van der Waals surface area (Å²) >= 11 is 0. The number of ketones is 1. The number of Topliss-reactive ketones (excluding diaryl/α,β-unsaturated/α-hetero) is 1. The molecule has 2 aromatic rings. The van der Waals surface area contributed by atoms with Gasteiger partial charge in [0.2, 0.25) is 0 Å². The fraction of sp³-hybridized carbons (Fsp3) is 0.429. The molecule has 0 aromatic heterocycles. The van der Waals surface area contributed by atoms with Crippen LogP contribution in [0.15, 0.2) is 54.6 Å². The van der Waals surface area contributed by atoms with Gasteiger partial charge in [-0.15, -0.1) is 0 Å². The van der Waals surface area contributed by atoms with Crippen molar-refractivity contribution < 1.29 is 28.7 Å². The molecule has 2 aliphatic rings. The summed E-state index contributed by atoms with van der Waals surface area (Å²) in [4.78, 5) is 50.5. The Kier molecular flexibility index (Phi) is 7.63. The van der Waals surface area contributed by atoms with Gasteiger partial charge in [-0.2, -0.15) is 0 Å². The molecule has 1 N–H and O–H groups in total. The highest BCUT2D eigenvalue weighted by atomic mass is 16.5. The summed E-state index contributed by atoms with van der Waals surface area (Å²) in [6, 6.07) is 15.4. The van der Waals surface area contributed by atoms with Crippen molar-refractivity contribution in [3.05, 3.63) is 65.7 Å². The van der Waals surface area contributed by atoms with Crippen molar-refractivity contribution in [3.63, 3.8) is 0 Å². The Morgan fingerprint density at radius 1 is 0.857 bits per heavy atom. The van der Waals surface area contributed by atoms with Crippen LogP contribution in [0.1, 0.15) is 53.8 Å². The minimum absolute atomic E-state index is 0.0174. The van der Waals surface area contributed by atoms with Crippen LogP contribution in [0.5, 0.6) is 0 Å². The average molecular weight is 478 g/mol. The Hall–Kier alpha value is -3.48. The molecule has 0 saturated heterocycles. The quantitative estimate of drug-likeness (QED) is 0.421. The van der Waals surface area contributed by atoms with Gasteiger partial charge in [0.05, 0.1) is 18.1 Å². The zero-order chi connectivity index (χ0) is 24.9. The highest BCUT2D eigenvalue weighted by Crippen LogP contribution is 2.53. The smallest absolute Gasteiger partial charge is 0.338 e.